The average Bonchev–Trinajstić information content (AvgIpc) is 3.41. The fourth-order valence-corrected chi connectivity index (χ4v) is 4.33. The number of pyridine rings is 2. The van der Waals surface area contributed by atoms with Gasteiger partial charge in [0.15, 0.2) is 17.2 Å². The van der Waals surface area contributed by atoms with Crippen molar-refractivity contribution in [3.05, 3.63) is 65.2 Å². The maximum Gasteiger partial charge on any atom is 0.170 e. The number of aryl methyl sites for hydroxylation is 1. The van der Waals surface area contributed by atoms with E-state index in [1.54, 1.807) is 29.5 Å². The van der Waals surface area contributed by atoms with E-state index in [2.05, 4.69) is 20.5 Å². The molecule has 5 heterocycles. The van der Waals surface area contributed by atoms with E-state index in [0.29, 0.717) is 58.6 Å². The van der Waals surface area contributed by atoms with Gasteiger partial charge in [0.2, 0.25) is 0 Å². The van der Waals surface area contributed by atoms with Crippen molar-refractivity contribution in [3.63, 3.8) is 0 Å². The number of nitrogens with one attached hydrogen (secondary N) is 1. The molecule has 0 bridgehead atoms. The third kappa shape index (κ3) is 2.73. The van der Waals surface area contributed by atoms with Gasteiger partial charge in [0.05, 0.1) is 25.3 Å². The number of hydrogen-bond donors (Lipinski definition) is 1. The molecule has 9 heteroatoms. The minimum Gasteiger partial charge on any atom is -0.493 e. The first-order chi connectivity index (χ1) is 15.1. The number of benzene rings is 1. The topological polar surface area (TPSA) is 73.6 Å². The van der Waals surface area contributed by atoms with Crippen LogP contribution in [0.25, 0.3) is 16.8 Å². The van der Waals surface area contributed by atoms with Crippen molar-refractivity contribution >= 4 is 11.5 Å². The van der Waals surface area contributed by atoms with Crippen molar-refractivity contribution in [3.8, 4) is 22.6 Å². The molecule has 1 aromatic carbocycles. The van der Waals surface area contributed by atoms with Crippen LogP contribution in [0.5, 0.6) is 11.5 Å². The lowest BCUT2D eigenvalue weighted by Gasteiger charge is -2.17. The fourth-order valence-electron chi connectivity index (χ4n) is 4.33. The van der Waals surface area contributed by atoms with Crippen LogP contribution in [0.2, 0.25) is 0 Å². The Balaban J connectivity index is 1.54. The Labute approximate surface area is 175 Å². The molecular formula is C22H17F2N5O2. The first-order valence-corrected chi connectivity index (χ1v) is 9.90. The quantitative estimate of drug-likeness (QED) is 0.503. The average molecular weight is 421 g/mol. The van der Waals surface area contributed by atoms with Crippen molar-refractivity contribution in [1.82, 2.24) is 19.6 Å². The van der Waals surface area contributed by atoms with E-state index in [-0.39, 0.29) is 18.3 Å². The molecule has 0 fully saturated rings. The maximum atomic E-state index is 14.7. The number of aromatic nitrogens is 4. The number of hydrogen-bond acceptors (Lipinski definition) is 6. The van der Waals surface area contributed by atoms with Crippen LogP contribution in [0.3, 0.4) is 0 Å². The van der Waals surface area contributed by atoms with Gasteiger partial charge in [0, 0.05) is 34.5 Å². The summed E-state index contributed by atoms with van der Waals surface area (Å²) < 4.78 is 42.9. The SMILES string of the molecule is Cc1cc(-c2cc3c(n4cnnc24)NCc2c(F)ccc4c2[C@@H](CO4)CO3)c(F)cn1. The maximum absolute atomic E-state index is 14.7. The van der Waals surface area contributed by atoms with Gasteiger partial charge in [-0.1, -0.05) is 0 Å². The highest BCUT2D eigenvalue weighted by Crippen LogP contribution is 2.42. The number of nitrogens with zero attached hydrogens (tertiary/aromatic N) is 4. The van der Waals surface area contributed by atoms with Crippen molar-refractivity contribution in [2.75, 3.05) is 18.5 Å². The third-order valence-electron chi connectivity index (χ3n) is 5.80. The summed E-state index contributed by atoms with van der Waals surface area (Å²) in [6.45, 7) is 2.74. The summed E-state index contributed by atoms with van der Waals surface area (Å²) in [7, 11) is 0. The standard InChI is InChI=1S/C22H17F2N5O2/c1-11-4-13(17(24)7-25-11)14-5-19-22(29-10-27-28-21(14)29)26-6-15-16(23)2-3-18-20(15)12(8-30-18)9-31-19/h2-5,7,10,12,26H,6,8-9H2,1H3/t12-/m0/s1. The van der Waals surface area contributed by atoms with Crippen LogP contribution in [-0.4, -0.2) is 32.8 Å². The first kappa shape index (κ1) is 18.1. The number of anilines is 1. The minimum absolute atomic E-state index is 0.103. The fraction of sp³-hybridized carbons (Fsp3) is 0.227. The molecule has 0 unspecified atom stereocenters. The number of fused-ring (bicyclic) bond motifs is 3. The molecule has 0 amide bonds. The van der Waals surface area contributed by atoms with E-state index < -0.39 is 5.82 Å². The molecule has 0 saturated carbocycles. The van der Waals surface area contributed by atoms with Crippen LogP contribution in [0.15, 0.2) is 36.8 Å². The van der Waals surface area contributed by atoms with E-state index in [1.807, 2.05) is 0 Å². The van der Waals surface area contributed by atoms with Crippen molar-refractivity contribution < 1.29 is 18.3 Å². The lowest BCUT2D eigenvalue weighted by molar-refractivity contribution is 0.249. The van der Waals surface area contributed by atoms with Gasteiger partial charge < -0.3 is 14.8 Å². The van der Waals surface area contributed by atoms with Gasteiger partial charge in [0.25, 0.3) is 0 Å². The highest BCUT2D eigenvalue weighted by molar-refractivity contribution is 5.82. The van der Waals surface area contributed by atoms with Gasteiger partial charge >= 0.3 is 0 Å². The number of ether oxygens (including phenoxy) is 2. The summed E-state index contributed by atoms with van der Waals surface area (Å²) in [6, 6.07) is 6.48. The summed E-state index contributed by atoms with van der Waals surface area (Å²) in [5.41, 5.74) is 3.41. The van der Waals surface area contributed by atoms with E-state index in [0.717, 1.165) is 5.56 Å². The summed E-state index contributed by atoms with van der Waals surface area (Å²) in [5, 5.41) is 11.5. The van der Waals surface area contributed by atoms with Crippen LogP contribution in [-0.2, 0) is 6.54 Å². The Bertz CT molecular complexity index is 1350. The molecule has 1 atom stereocenters. The Hall–Kier alpha value is -3.75. The monoisotopic (exact) mass is 421 g/mol. The second-order valence-corrected chi connectivity index (χ2v) is 7.71. The van der Waals surface area contributed by atoms with E-state index in [1.165, 1.54) is 18.6 Å². The molecule has 0 spiro atoms. The molecular weight excluding hydrogens is 404 g/mol. The van der Waals surface area contributed by atoms with Gasteiger partial charge in [-0.15, -0.1) is 10.2 Å². The van der Waals surface area contributed by atoms with Gasteiger partial charge in [-0.25, -0.2) is 8.78 Å². The third-order valence-corrected chi connectivity index (χ3v) is 5.80. The van der Waals surface area contributed by atoms with Gasteiger partial charge in [-0.05, 0) is 31.2 Å². The molecule has 31 heavy (non-hydrogen) atoms. The van der Waals surface area contributed by atoms with Crippen molar-refractivity contribution in [2.45, 2.75) is 19.4 Å². The second kappa shape index (κ2) is 6.63. The molecule has 2 aliphatic rings. The molecule has 4 aromatic rings. The minimum atomic E-state index is -0.463. The first-order valence-electron chi connectivity index (χ1n) is 9.90. The zero-order chi connectivity index (χ0) is 21.1. The summed E-state index contributed by atoms with van der Waals surface area (Å²) in [5.74, 6) is 0.896. The van der Waals surface area contributed by atoms with Gasteiger partial charge in [0.1, 0.15) is 23.7 Å². The Morgan fingerprint density at radius 3 is 2.77 bits per heavy atom. The molecule has 0 saturated heterocycles. The molecule has 3 aromatic heterocycles. The Morgan fingerprint density at radius 1 is 1.06 bits per heavy atom. The van der Waals surface area contributed by atoms with Crippen molar-refractivity contribution in [1.29, 1.82) is 0 Å². The predicted molar refractivity (Wildman–Crippen MR) is 108 cm³/mol. The molecule has 6 rings (SSSR count). The normalized spacial score (nSPS) is 16.9. The lowest BCUT2D eigenvalue weighted by Crippen LogP contribution is -2.13. The lowest BCUT2D eigenvalue weighted by atomic mass is 9.96. The van der Waals surface area contributed by atoms with Gasteiger partial charge in [-0.3, -0.25) is 9.38 Å². The summed E-state index contributed by atoms with van der Waals surface area (Å²) >= 11 is 0. The van der Waals surface area contributed by atoms with E-state index >= 15 is 0 Å². The Kier molecular flexibility index (Phi) is 3.86. The highest BCUT2D eigenvalue weighted by atomic mass is 19.1. The zero-order valence-electron chi connectivity index (χ0n) is 16.5. The van der Waals surface area contributed by atoms with E-state index in [9.17, 15) is 8.78 Å². The number of halogens is 2. The molecule has 0 aliphatic carbocycles. The molecule has 2 aliphatic heterocycles. The van der Waals surface area contributed by atoms with Crippen LogP contribution >= 0.6 is 0 Å². The van der Waals surface area contributed by atoms with Crippen molar-refractivity contribution in [2.24, 2.45) is 0 Å². The van der Waals surface area contributed by atoms with Gasteiger partial charge in [-0.2, -0.15) is 0 Å². The predicted octanol–water partition coefficient (Wildman–Crippen LogP) is 3.86. The smallest absolute Gasteiger partial charge is 0.170 e. The number of rotatable bonds is 1. The van der Waals surface area contributed by atoms with E-state index in [4.69, 9.17) is 9.47 Å². The molecule has 156 valence electrons. The molecule has 1 N–H and O–H groups in total. The molecule has 0 radical (unpaired) electrons. The Morgan fingerprint density at radius 2 is 1.90 bits per heavy atom. The molecule has 7 nitrogen and oxygen atoms in total. The summed E-state index contributed by atoms with van der Waals surface area (Å²) in [6.07, 6.45) is 2.72. The highest BCUT2D eigenvalue weighted by Gasteiger charge is 2.31. The second-order valence-electron chi connectivity index (χ2n) is 7.71. The zero-order valence-corrected chi connectivity index (χ0v) is 16.5. The largest absolute Gasteiger partial charge is 0.493 e. The van der Waals surface area contributed by atoms with Crippen LogP contribution in [0, 0.1) is 18.6 Å². The van der Waals surface area contributed by atoms with Crippen LogP contribution in [0.1, 0.15) is 22.7 Å². The van der Waals surface area contributed by atoms with Crippen LogP contribution in [0.4, 0.5) is 14.6 Å². The van der Waals surface area contributed by atoms with Crippen LogP contribution < -0.4 is 14.8 Å². The summed E-state index contributed by atoms with van der Waals surface area (Å²) in [4.78, 5) is 4.01.